The van der Waals surface area contributed by atoms with E-state index in [-0.39, 0.29) is 6.10 Å². The van der Waals surface area contributed by atoms with Crippen molar-refractivity contribution in [3.63, 3.8) is 0 Å². The van der Waals surface area contributed by atoms with E-state index in [1.807, 2.05) is 43.3 Å². The standard InChI is InChI=1S/C11H14O/c1-2-6-11(12)9-10-7-4-3-5-8-10/h2-8,11-12H,9H2,1H3. The van der Waals surface area contributed by atoms with Crippen molar-refractivity contribution in [2.24, 2.45) is 0 Å². The van der Waals surface area contributed by atoms with Crippen LogP contribution < -0.4 is 0 Å². The van der Waals surface area contributed by atoms with Crippen LogP contribution in [0.1, 0.15) is 12.5 Å². The third-order valence-electron chi connectivity index (χ3n) is 1.70. The van der Waals surface area contributed by atoms with Crippen molar-refractivity contribution in [2.45, 2.75) is 19.4 Å². The molecule has 0 heterocycles. The van der Waals surface area contributed by atoms with Crippen molar-refractivity contribution >= 4 is 0 Å². The van der Waals surface area contributed by atoms with Gasteiger partial charge in [0.15, 0.2) is 0 Å². The predicted molar refractivity (Wildman–Crippen MR) is 51.0 cm³/mol. The third-order valence-corrected chi connectivity index (χ3v) is 1.70. The second-order valence-electron chi connectivity index (χ2n) is 2.78. The summed E-state index contributed by atoms with van der Waals surface area (Å²) < 4.78 is 0. The summed E-state index contributed by atoms with van der Waals surface area (Å²) in [5.74, 6) is 0. The normalized spacial score (nSPS) is 13.5. The lowest BCUT2D eigenvalue weighted by atomic mass is 10.1. The maximum Gasteiger partial charge on any atom is 0.0761 e. The quantitative estimate of drug-likeness (QED) is 0.675. The van der Waals surface area contributed by atoms with Gasteiger partial charge >= 0.3 is 0 Å². The summed E-state index contributed by atoms with van der Waals surface area (Å²) in [5, 5.41) is 9.42. The van der Waals surface area contributed by atoms with Crippen LogP contribution in [0.3, 0.4) is 0 Å². The summed E-state index contributed by atoms with van der Waals surface area (Å²) in [6, 6.07) is 9.99. The van der Waals surface area contributed by atoms with Gasteiger partial charge in [-0.3, -0.25) is 0 Å². The Morgan fingerprint density at radius 3 is 2.58 bits per heavy atom. The molecule has 0 saturated heterocycles. The monoisotopic (exact) mass is 162 g/mol. The smallest absolute Gasteiger partial charge is 0.0761 e. The van der Waals surface area contributed by atoms with Crippen LogP contribution in [0.2, 0.25) is 0 Å². The number of rotatable bonds is 3. The van der Waals surface area contributed by atoms with Gasteiger partial charge in [-0.1, -0.05) is 42.5 Å². The minimum atomic E-state index is -0.350. The van der Waals surface area contributed by atoms with Gasteiger partial charge in [0.1, 0.15) is 0 Å². The van der Waals surface area contributed by atoms with Crippen molar-refractivity contribution in [1.29, 1.82) is 0 Å². The van der Waals surface area contributed by atoms with Gasteiger partial charge in [-0.25, -0.2) is 0 Å². The second-order valence-corrected chi connectivity index (χ2v) is 2.78. The van der Waals surface area contributed by atoms with Crippen LogP contribution in [0.5, 0.6) is 0 Å². The Hall–Kier alpha value is -1.08. The zero-order chi connectivity index (χ0) is 8.81. The molecule has 1 atom stereocenters. The Morgan fingerprint density at radius 2 is 2.00 bits per heavy atom. The van der Waals surface area contributed by atoms with Gasteiger partial charge < -0.3 is 5.11 Å². The molecule has 12 heavy (non-hydrogen) atoms. The SMILES string of the molecule is CC=CC(O)Cc1ccccc1. The number of aliphatic hydroxyl groups is 1. The number of benzene rings is 1. The van der Waals surface area contributed by atoms with E-state index in [1.165, 1.54) is 5.56 Å². The lowest BCUT2D eigenvalue weighted by Crippen LogP contribution is -2.05. The van der Waals surface area contributed by atoms with Gasteiger partial charge in [-0.05, 0) is 12.5 Å². The average Bonchev–Trinajstić information content (AvgIpc) is 2.06. The van der Waals surface area contributed by atoms with E-state index in [0.29, 0.717) is 6.42 Å². The Bertz CT molecular complexity index is 238. The summed E-state index contributed by atoms with van der Waals surface area (Å²) in [7, 11) is 0. The van der Waals surface area contributed by atoms with E-state index in [9.17, 15) is 5.11 Å². The number of aliphatic hydroxyl groups excluding tert-OH is 1. The molecular weight excluding hydrogens is 148 g/mol. The van der Waals surface area contributed by atoms with Crippen LogP contribution in [-0.2, 0) is 6.42 Å². The Labute approximate surface area is 73.4 Å². The fourth-order valence-corrected chi connectivity index (χ4v) is 1.15. The van der Waals surface area contributed by atoms with Crippen LogP contribution >= 0.6 is 0 Å². The maximum atomic E-state index is 9.42. The van der Waals surface area contributed by atoms with E-state index in [4.69, 9.17) is 0 Å². The van der Waals surface area contributed by atoms with Gasteiger partial charge in [-0.15, -0.1) is 0 Å². The van der Waals surface area contributed by atoms with Gasteiger partial charge in [0.25, 0.3) is 0 Å². The minimum Gasteiger partial charge on any atom is -0.389 e. The number of allylic oxidation sites excluding steroid dienone is 1. The maximum absolute atomic E-state index is 9.42. The van der Waals surface area contributed by atoms with Gasteiger partial charge in [0.05, 0.1) is 6.10 Å². The zero-order valence-electron chi connectivity index (χ0n) is 7.27. The molecule has 1 nitrogen and oxygen atoms in total. The summed E-state index contributed by atoms with van der Waals surface area (Å²) >= 11 is 0. The molecule has 0 fully saturated rings. The largest absolute Gasteiger partial charge is 0.389 e. The molecule has 0 aliphatic heterocycles. The van der Waals surface area contributed by atoms with Crippen molar-refractivity contribution in [1.82, 2.24) is 0 Å². The molecule has 1 heteroatoms. The van der Waals surface area contributed by atoms with E-state index in [2.05, 4.69) is 0 Å². The molecule has 0 amide bonds. The first kappa shape index (κ1) is 9.01. The molecule has 0 aromatic heterocycles. The molecule has 0 aliphatic rings. The van der Waals surface area contributed by atoms with Gasteiger partial charge in [-0.2, -0.15) is 0 Å². The predicted octanol–water partition coefficient (Wildman–Crippen LogP) is 2.17. The van der Waals surface area contributed by atoms with E-state index in [0.717, 1.165) is 0 Å². The summed E-state index contributed by atoms with van der Waals surface area (Å²) in [5.41, 5.74) is 1.17. The molecule has 0 radical (unpaired) electrons. The van der Waals surface area contributed by atoms with Crippen molar-refractivity contribution in [3.8, 4) is 0 Å². The van der Waals surface area contributed by atoms with Gasteiger partial charge in [0.2, 0.25) is 0 Å². The molecular formula is C11H14O. The first-order valence-corrected chi connectivity index (χ1v) is 4.17. The Morgan fingerprint density at radius 1 is 1.33 bits per heavy atom. The molecule has 0 bridgehead atoms. The zero-order valence-corrected chi connectivity index (χ0v) is 7.27. The van der Waals surface area contributed by atoms with Crippen LogP contribution in [0, 0.1) is 0 Å². The number of hydrogen-bond acceptors (Lipinski definition) is 1. The van der Waals surface area contributed by atoms with E-state index >= 15 is 0 Å². The number of hydrogen-bond donors (Lipinski definition) is 1. The molecule has 1 rings (SSSR count). The average molecular weight is 162 g/mol. The molecule has 0 spiro atoms. The van der Waals surface area contributed by atoms with Crippen molar-refractivity contribution in [3.05, 3.63) is 48.0 Å². The molecule has 1 unspecified atom stereocenters. The highest BCUT2D eigenvalue weighted by molar-refractivity contribution is 5.16. The first-order valence-electron chi connectivity index (χ1n) is 4.17. The fraction of sp³-hybridized carbons (Fsp3) is 0.273. The summed E-state index contributed by atoms with van der Waals surface area (Å²) in [6.45, 7) is 1.91. The molecule has 0 aliphatic carbocycles. The molecule has 1 aromatic rings. The highest BCUT2D eigenvalue weighted by Crippen LogP contribution is 2.03. The molecule has 64 valence electrons. The Kier molecular flexibility index (Phi) is 3.55. The highest BCUT2D eigenvalue weighted by Gasteiger charge is 1.98. The van der Waals surface area contributed by atoms with Crippen LogP contribution in [0.4, 0.5) is 0 Å². The van der Waals surface area contributed by atoms with Crippen LogP contribution in [0.15, 0.2) is 42.5 Å². The minimum absolute atomic E-state index is 0.350. The van der Waals surface area contributed by atoms with Crippen LogP contribution in [-0.4, -0.2) is 11.2 Å². The molecule has 1 aromatic carbocycles. The van der Waals surface area contributed by atoms with Gasteiger partial charge in [0, 0.05) is 6.42 Å². The fourth-order valence-electron chi connectivity index (χ4n) is 1.15. The summed E-state index contributed by atoms with van der Waals surface area (Å²) in [6.07, 6.45) is 4.02. The first-order chi connectivity index (χ1) is 5.83. The van der Waals surface area contributed by atoms with Crippen molar-refractivity contribution < 1.29 is 5.11 Å². The lowest BCUT2D eigenvalue weighted by molar-refractivity contribution is 0.224. The van der Waals surface area contributed by atoms with Crippen molar-refractivity contribution in [2.75, 3.05) is 0 Å². The van der Waals surface area contributed by atoms with Crippen LogP contribution in [0.25, 0.3) is 0 Å². The van der Waals surface area contributed by atoms with E-state index < -0.39 is 0 Å². The van der Waals surface area contributed by atoms with E-state index in [1.54, 1.807) is 6.08 Å². The second kappa shape index (κ2) is 4.73. The highest BCUT2D eigenvalue weighted by atomic mass is 16.3. The topological polar surface area (TPSA) is 20.2 Å². The Balaban J connectivity index is 2.52. The summed E-state index contributed by atoms with van der Waals surface area (Å²) in [4.78, 5) is 0. The lowest BCUT2D eigenvalue weighted by Gasteiger charge is -2.04. The molecule has 1 N–H and O–H groups in total. The molecule has 0 saturated carbocycles. The third kappa shape index (κ3) is 2.89.